The first-order valence-corrected chi connectivity index (χ1v) is 15.8. The molecule has 3 aromatic carbocycles. The van der Waals surface area contributed by atoms with Gasteiger partial charge in [-0.3, -0.25) is 0 Å². The zero-order valence-corrected chi connectivity index (χ0v) is 25.5. The molecule has 0 heterocycles. The number of halogens is 3. The van der Waals surface area contributed by atoms with Gasteiger partial charge in [0.2, 0.25) is 0 Å². The van der Waals surface area contributed by atoms with Crippen LogP contribution in [0, 0.1) is 17.8 Å². The van der Waals surface area contributed by atoms with E-state index in [1.54, 1.807) is 19.3 Å². The topological polar surface area (TPSA) is 55.8 Å². The Morgan fingerprint density at radius 2 is 1.58 bits per heavy atom. The van der Waals surface area contributed by atoms with Crippen LogP contribution in [0.3, 0.4) is 0 Å². The highest BCUT2D eigenvalue weighted by atomic mass is 19.4. The Bertz CT molecular complexity index is 1550. The zero-order chi connectivity index (χ0) is 31.6. The fraction of sp³-hybridized carbons (Fsp3) is 0.395. The van der Waals surface area contributed by atoms with Crippen LogP contribution in [0.25, 0.3) is 5.57 Å². The second kappa shape index (κ2) is 12.8. The van der Waals surface area contributed by atoms with Gasteiger partial charge in [0.1, 0.15) is 18.1 Å². The molecule has 3 aromatic rings. The van der Waals surface area contributed by atoms with Gasteiger partial charge in [-0.2, -0.15) is 13.2 Å². The molecule has 45 heavy (non-hydrogen) atoms. The smallest absolute Gasteiger partial charge is 0.416 e. The highest BCUT2D eigenvalue weighted by molar-refractivity contribution is 5.85. The molecule has 7 rings (SSSR count). The first-order chi connectivity index (χ1) is 21.6. The summed E-state index contributed by atoms with van der Waals surface area (Å²) in [5.74, 6) is 2.94. The Labute approximate surface area is 262 Å². The highest BCUT2D eigenvalue weighted by Gasteiger charge is 2.52. The molecule has 4 bridgehead atoms. The lowest BCUT2D eigenvalue weighted by Gasteiger charge is -2.57. The van der Waals surface area contributed by atoms with Crippen LogP contribution in [-0.2, 0) is 29.4 Å². The minimum Gasteiger partial charge on any atom is -0.497 e. The number of hydrogen-bond acceptors (Lipinski definition) is 3. The number of carboxylic acid groups (broad SMARTS) is 1. The predicted octanol–water partition coefficient (Wildman–Crippen LogP) is 9.42. The van der Waals surface area contributed by atoms with Gasteiger partial charge in [0.25, 0.3) is 0 Å². The van der Waals surface area contributed by atoms with Gasteiger partial charge >= 0.3 is 12.1 Å². The Morgan fingerprint density at radius 1 is 0.911 bits per heavy atom. The summed E-state index contributed by atoms with van der Waals surface area (Å²) in [6.07, 6.45) is 8.51. The van der Waals surface area contributed by atoms with Gasteiger partial charge < -0.3 is 14.6 Å². The van der Waals surface area contributed by atoms with E-state index in [0.717, 1.165) is 58.6 Å². The van der Waals surface area contributed by atoms with E-state index in [4.69, 9.17) is 9.47 Å². The maximum Gasteiger partial charge on any atom is 0.416 e. The largest absolute Gasteiger partial charge is 0.497 e. The summed E-state index contributed by atoms with van der Waals surface area (Å²) in [6.45, 7) is 0.437. The third-order valence-corrected chi connectivity index (χ3v) is 9.93. The second-order valence-corrected chi connectivity index (χ2v) is 13.1. The summed E-state index contributed by atoms with van der Waals surface area (Å²) >= 11 is 0. The van der Waals surface area contributed by atoms with E-state index in [0.29, 0.717) is 30.6 Å². The molecule has 4 fully saturated rings. The second-order valence-electron chi connectivity index (χ2n) is 13.1. The van der Waals surface area contributed by atoms with Crippen molar-refractivity contribution in [3.63, 3.8) is 0 Å². The Morgan fingerprint density at radius 3 is 2.20 bits per heavy atom. The van der Waals surface area contributed by atoms with Crippen LogP contribution in [0.15, 0.2) is 85.0 Å². The quantitative estimate of drug-likeness (QED) is 0.172. The van der Waals surface area contributed by atoms with Gasteiger partial charge in [-0.25, -0.2) is 4.79 Å². The van der Waals surface area contributed by atoms with E-state index in [2.05, 4.69) is 18.2 Å². The number of methoxy groups -OCH3 is 1. The third-order valence-electron chi connectivity index (χ3n) is 9.93. The number of aliphatic carboxylic acids is 1. The zero-order valence-electron chi connectivity index (χ0n) is 25.5. The van der Waals surface area contributed by atoms with Crippen LogP contribution in [0.4, 0.5) is 13.2 Å². The number of rotatable bonds is 11. The van der Waals surface area contributed by atoms with Crippen LogP contribution >= 0.6 is 0 Å². The van der Waals surface area contributed by atoms with Gasteiger partial charge in [0, 0.05) is 11.6 Å². The van der Waals surface area contributed by atoms with E-state index in [1.807, 2.05) is 24.3 Å². The number of hydrogen-bond donors (Lipinski definition) is 1. The van der Waals surface area contributed by atoms with Crippen molar-refractivity contribution in [2.45, 2.75) is 69.6 Å². The molecular formula is C38H39F3O4. The molecule has 7 heteroatoms. The van der Waals surface area contributed by atoms with Crippen molar-refractivity contribution in [2.75, 3.05) is 7.11 Å². The van der Waals surface area contributed by atoms with Crippen molar-refractivity contribution in [3.05, 3.63) is 113 Å². The molecule has 236 valence electrons. The standard InChI is InChI=1S/C38H39F3O4/c1-44-33-12-8-26(9-13-33)24-45-35-19-25(10-14-34(35)37-21-27-16-28(22-37)18-29(17-27)23-37)4-2-5-30(11-15-36(42)43)31-6-3-7-32(20-31)38(39,40)41/h3,5-15,19-20,27-29H,2,4,16-18,21-24H2,1H3,(H,42,43)/b15-11+,30-5-. The minimum atomic E-state index is -4.49. The predicted molar refractivity (Wildman–Crippen MR) is 168 cm³/mol. The van der Waals surface area contributed by atoms with Gasteiger partial charge in [-0.05, 0) is 133 Å². The number of ether oxygens (including phenoxy) is 2. The van der Waals surface area contributed by atoms with Gasteiger partial charge in [-0.1, -0.05) is 42.5 Å². The van der Waals surface area contributed by atoms with Gasteiger partial charge in [0.15, 0.2) is 0 Å². The maximum atomic E-state index is 13.4. The first kappa shape index (κ1) is 31.0. The molecule has 4 aliphatic rings. The summed E-state index contributed by atoms with van der Waals surface area (Å²) in [5.41, 5.74) is 3.57. The molecule has 4 aliphatic carbocycles. The molecule has 0 saturated heterocycles. The molecule has 0 aromatic heterocycles. The van der Waals surface area contributed by atoms with Crippen LogP contribution in [-0.4, -0.2) is 18.2 Å². The molecule has 0 spiro atoms. The average molecular weight is 617 g/mol. The number of carboxylic acids is 1. The summed E-state index contributed by atoms with van der Waals surface area (Å²) < 4.78 is 52.0. The SMILES string of the molecule is COc1ccc(COc2cc(CC/C=C(/C=C/C(=O)O)c3cccc(C(F)(F)F)c3)ccc2C23CC4CC(CC(C4)C2)C3)cc1. The molecule has 0 amide bonds. The maximum absolute atomic E-state index is 13.4. The lowest BCUT2D eigenvalue weighted by molar-refractivity contribution is -0.137. The highest BCUT2D eigenvalue weighted by Crippen LogP contribution is 2.62. The third kappa shape index (κ3) is 7.13. The fourth-order valence-corrected chi connectivity index (χ4v) is 8.32. The lowest BCUT2D eigenvalue weighted by atomic mass is 9.48. The molecule has 4 nitrogen and oxygen atoms in total. The number of allylic oxidation sites excluding steroid dienone is 3. The van der Waals surface area contributed by atoms with E-state index >= 15 is 0 Å². The molecule has 0 aliphatic heterocycles. The van der Waals surface area contributed by atoms with E-state index < -0.39 is 17.7 Å². The number of alkyl halides is 3. The summed E-state index contributed by atoms with van der Waals surface area (Å²) in [4.78, 5) is 11.2. The van der Waals surface area contributed by atoms with Crippen molar-refractivity contribution in [1.82, 2.24) is 0 Å². The fourth-order valence-electron chi connectivity index (χ4n) is 8.32. The first-order valence-electron chi connectivity index (χ1n) is 15.8. The molecule has 0 radical (unpaired) electrons. The van der Waals surface area contributed by atoms with Gasteiger partial charge in [0.05, 0.1) is 12.7 Å². The van der Waals surface area contributed by atoms with Crippen molar-refractivity contribution >= 4 is 11.5 Å². The van der Waals surface area contributed by atoms with Crippen molar-refractivity contribution in [2.24, 2.45) is 17.8 Å². The Hall–Kier alpha value is -4.00. The molecular weight excluding hydrogens is 577 g/mol. The summed E-state index contributed by atoms with van der Waals surface area (Å²) in [6, 6.07) is 19.4. The van der Waals surface area contributed by atoms with Crippen molar-refractivity contribution in [3.8, 4) is 11.5 Å². The van der Waals surface area contributed by atoms with Crippen molar-refractivity contribution < 1.29 is 32.5 Å². The minimum absolute atomic E-state index is 0.153. The lowest BCUT2D eigenvalue weighted by Crippen LogP contribution is -2.48. The van der Waals surface area contributed by atoms with E-state index in [9.17, 15) is 23.1 Å². The normalized spacial score (nSPS) is 24.3. The average Bonchev–Trinajstić information content (AvgIpc) is 3.01. The number of aryl methyl sites for hydroxylation is 1. The molecule has 1 N–H and O–H groups in total. The summed E-state index contributed by atoms with van der Waals surface area (Å²) in [5, 5.41) is 9.19. The number of benzene rings is 3. The van der Waals surface area contributed by atoms with Gasteiger partial charge in [-0.15, -0.1) is 0 Å². The monoisotopic (exact) mass is 616 g/mol. The van der Waals surface area contributed by atoms with E-state index in [-0.39, 0.29) is 5.41 Å². The van der Waals surface area contributed by atoms with Crippen LogP contribution in [0.1, 0.15) is 72.8 Å². The summed E-state index contributed by atoms with van der Waals surface area (Å²) in [7, 11) is 1.65. The number of carbonyl (C=O) groups is 1. The Balaban J connectivity index is 1.26. The van der Waals surface area contributed by atoms with E-state index in [1.165, 1.54) is 56.2 Å². The van der Waals surface area contributed by atoms with Crippen LogP contribution in [0.5, 0.6) is 11.5 Å². The van der Waals surface area contributed by atoms with Crippen LogP contribution in [0.2, 0.25) is 0 Å². The van der Waals surface area contributed by atoms with Crippen molar-refractivity contribution in [1.29, 1.82) is 0 Å². The molecule has 0 unspecified atom stereocenters. The molecule has 0 atom stereocenters. The van der Waals surface area contributed by atoms with Crippen LogP contribution < -0.4 is 9.47 Å². The molecule has 4 saturated carbocycles. The Kier molecular flexibility index (Phi) is 8.80.